The number of carbonyl (C=O) groups excluding carboxylic acids is 2. The fourth-order valence-electron chi connectivity index (χ4n) is 2.08. The van der Waals surface area contributed by atoms with E-state index < -0.39 is 0 Å². The number of carbonyl (C=O) groups is 2. The topological polar surface area (TPSA) is 58.2 Å². The van der Waals surface area contributed by atoms with Crippen molar-refractivity contribution < 1.29 is 9.59 Å². The van der Waals surface area contributed by atoms with Crippen molar-refractivity contribution in [2.24, 2.45) is 0 Å². The van der Waals surface area contributed by atoms with Gasteiger partial charge in [-0.2, -0.15) is 0 Å². The van der Waals surface area contributed by atoms with Gasteiger partial charge in [-0.05, 0) is 72.4 Å². The summed E-state index contributed by atoms with van der Waals surface area (Å²) < 4.78 is 5.57. The SMILES string of the molecule is O=C(NSc1ccccc1)c1ccc(C(=O)NSc2ccccc2)cc1. The largest absolute Gasteiger partial charge is 0.292 e. The van der Waals surface area contributed by atoms with E-state index in [0.29, 0.717) is 11.1 Å². The molecule has 0 fully saturated rings. The Morgan fingerprint density at radius 3 is 1.23 bits per heavy atom. The Bertz CT molecular complexity index is 795. The molecule has 3 aromatic rings. The molecule has 0 unspecified atom stereocenters. The first kappa shape index (κ1) is 18.1. The molecule has 0 radical (unpaired) electrons. The first-order valence-electron chi connectivity index (χ1n) is 7.87. The Hall–Kier alpha value is -2.70. The molecule has 2 N–H and O–H groups in total. The van der Waals surface area contributed by atoms with E-state index in [4.69, 9.17) is 0 Å². The lowest BCUT2D eigenvalue weighted by Gasteiger charge is -2.06. The van der Waals surface area contributed by atoms with E-state index in [1.165, 1.54) is 23.9 Å². The van der Waals surface area contributed by atoms with Gasteiger partial charge < -0.3 is 0 Å². The van der Waals surface area contributed by atoms with E-state index in [2.05, 4.69) is 9.44 Å². The van der Waals surface area contributed by atoms with Gasteiger partial charge in [0.25, 0.3) is 11.8 Å². The van der Waals surface area contributed by atoms with Gasteiger partial charge in [0.15, 0.2) is 0 Å². The third-order valence-electron chi connectivity index (χ3n) is 3.42. The van der Waals surface area contributed by atoms with E-state index in [1.807, 2.05) is 60.7 Å². The van der Waals surface area contributed by atoms with Crippen LogP contribution in [0, 0.1) is 0 Å². The zero-order valence-corrected chi connectivity index (χ0v) is 15.3. The lowest BCUT2D eigenvalue weighted by molar-refractivity contribution is 0.0972. The van der Waals surface area contributed by atoms with Crippen LogP contribution < -0.4 is 9.44 Å². The van der Waals surface area contributed by atoms with E-state index in [-0.39, 0.29) is 11.8 Å². The summed E-state index contributed by atoms with van der Waals surface area (Å²) in [6, 6.07) is 25.7. The molecule has 130 valence electrons. The van der Waals surface area contributed by atoms with Crippen LogP contribution in [0.4, 0.5) is 0 Å². The standard InChI is InChI=1S/C20H16N2O2S2/c23-19(21-25-17-7-3-1-4-8-17)15-11-13-16(14-12-15)20(24)22-26-18-9-5-2-6-10-18/h1-14H,(H,21,23)(H,22,24). The maximum absolute atomic E-state index is 12.2. The summed E-state index contributed by atoms with van der Waals surface area (Å²) >= 11 is 2.51. The van der Waals surface area contributed by atoms with Crippen molar-refractivity contribution in [2.45, 2.75) is 9.79 Å². The van der Waals surface area contributed by atoms with Crippen molar-refractivity contribution in [3.63, 3.8) is 0 Å². The normalized spacial score (nSPS) is 10.2. The number of rotatable bonds is 6. The summed E-state index contributed by atoms with van der Waals surface area (Å²) in [6.45, 7) is 0. The predicted octanol–water partition coefficient (Wildman–Crippen LogP) is 4.56. The highest BCUT2D eigenvalue weighted by Crippen LogP contribution is 2.16. The molecule has 3 aromatic carbocycles. The van der Waals surface area contributed by atoms with Crippen LogP contribution in [0.3, 0.4) is 0 Å². The van der Waals surface area contributed by atoms with Crippen molar-refractivity contribution >= 4 is 35.7 Å². The van der Waals surface area contributed by atoms with Gasteiger partial charge in [0.05, 0.1) is 0 Å². The highest BCUT2D eigenvalue weighted by atomic mass is 32.2. The molecule has 0 spiro atoms. The van der Waals surface area contributed by atoms with Gasteiger partial charge in [-0.3, -0.25) is 19.0 Å². The number of amides is 2. The van der Waals surface area contributed by atoms with Crippen molar-refractivity contribution in [1.82, 2.24) is 9.44 Å². The van der Waals surface area contributed by atoms with Crippen LogP contribution in [0.2, 0.25) is 0 Å². The molecule has 0 atom stereocenters. The Balaban J connectivity index is 1.53. The van der Waals surface area contributed by atoms with E-state index in [1.54, 1.807) is 24.3 Å². The maximum atomic E-state index is 12.2. The lowest BCUT2D eigenvalue weighted by Crippen LogP contribution is -2.18. The summed E-state index contributed by atoms with van der Waals surface area (Å²) in [5.74, 6) is -0.408. The Labute approximate surface area is 160 Å². The van der Waals surface area contributed by atoms with Gasteiger partial charge in [0, 0.05) is 20.9 Å². The third kappa shape index (κ3) is 5.15. The molecule has 4 nitrogen and oxygen atoms in total. The fourth-order valence-corrected chi connectivity index (χ4v) is 3.32. The summed E-state index contributed by atoms with van der Waals surface area (Å²) in [5.41, 5.74) is 1.00. The molecule has 0 aromatic heterocycles. The van der Waals surface area contributed by atoms with E-state index in [0.717, 1.165) is 9.79 Å². The molecule has 0 aliphatic carbocycles. The molecule has 2 amide bonds. The summed E-state index contributed by atoms with van der Waals surface area (Å²) in [5, 5.41) is 0. The van der Waals surface area contributed by atoms with Crippen LogP contribution in [-0.4, -0.2) is 11.8 Å². The molecule has 0 aliphatic heterocycles. The van der Waals surface area contributed by atoms with Gasteiger partial charge in [-0.15, -0.1) is 0 Å². The Morgan fingerprint density at radius 1 is 0.538 bits per heavy atom. The minimum absolute atomic E-state index is 0.204. The smallest absolute Gasteiger partial charge is 0.261 e. The van der Waals surface area contributed by atoms with Gasteiger partial charge >= 0.3 is 0 Å². The van der Waals surface area contributed by atoms with E-state index >= 15 is 0 Å². The predicted molar refractivity (Wildman–Crippen MR) is 106 cm³/mol. The number of benzene rings is 3. The second kappa shape index (κ2) is 9.12. The molecule has 3 rings (SSSR count). The maximum Gasteiger partial charge on any atom is 0.261 e. The van der Waals surface area contributed by atoms with Crippen molar-refractivity contribution in [1.29, 1.82) is 0 Å². The van der Waals surface area contributed by atoms with Crippen LogP contribution in [0.25, 0.3) is 0 Å². The second-order valence-electron chi connectivity index (χ2n) is 5.27. The van der Waals surface area contributed by atoms with Gasteiger partial charge in [0.1, 0.15) is 0 Å². The van der Waals surface area contributed by atoms with Crippen molar-refractivity contribution in [3.05, 3.63) is 96.1 Å². The summed E-state index contributed by atoms with van der Waals surface area (Å²) in [4.78, 5) is 26.3. The van der Waals surface area contributed by atoms with Crippen LogP contribution in [-0.2, 0) is 0 Å². The third-order valence-corrected chi connectivity index (χ3v) is 5.01. The van der Waals surface area contributed by atoms with Crippen molar-refractivity contribution in [3.8, 4) is 0 Å². The quantitative estimate of drug-likeness (QED) is 0.616. The Kier molecular flexibility index (Phi) is 6.35. The molecule has 0 saturated carbocycles. The molecule has 0 heterocycles. The average molecular weight is 380 g/mol. The zero-order valence-electron chi connectivity index (χ0n) is 13.7. The van der Waals surface area contributed by atoms with Gasteiger partial charge in [-0.1, -0.05) is 36.4 Å². The Morgan fingerprint density at radius 2 is 0.885 bits per heavy atom. The lowest BCUT2D eigenvalue weighted by atomic mass is 10.1. The van der Waals surface area contributed by atoms with Crippen LogP contribution in [0.1, 0.15) is 20.7 Å². The first-order chi connectivity index (χ1) is 12.7. The average Bonchev–Trinajstić information content (AvgIpc) is 2.72. The number of hydrogen-bond acceptors (Lipinski definition) is 4. The highest BCUT2D eigenvalue weighted by molar-refractivity contribution is 7.98. The van der Waals surface area contributed by atoms with Gasteiger partial charge in [0.2, 0.25) is 0 Å². The number of hydrogen-bond donors (Lipinski definition) is 2. The van der Waals surface area contributed by atoms with Crippen LogP contribution in [0.5, 0.6) is 0 Å². The molecule has 0 aliphatic rings. The first-order valence-corrected chi connectivity index (χ1v) is 9.50. The van der Waals surface area contributed by atoms with Crippen LogP contribution in [0.15, 0.2) is 94.7 Å². The van der Waals surface area contributed by atoms with Crippen molar-refractivity contribution in [2.75, 3.05) is 0 Å². The molecular formula is C20H16N2O2S2. The minimum Gasteiger partial charge on any atom is -0.292 e. The van der Waals surface area contributed by atoms with Crippen LogP contribution >= 0.6 is 23.9 Å². The number of nitrogens with one attached hydrogen (secondary N) is 2. The van der Waals surface area contributed by atoms with Gasteiger partial charge in [-0.25, -0.2) is 0 Å². The second-order valence-corrected chi connectivity index (χ2v) is 7.03. The summed E-state index contributed by atoms with van der Waals surface area (Å²) in [7, 11) is 0. The molecular weight excluding hydrogens is 364 g/mol. The zero-order chi connectivity index (χ0) is 18.2. The molecule has 0 bridgehead atoms. The molecule has 0 saturated heterocycles. The fraction of sp³-hybridized carbons (Fsp3) is 0. The minimum atomic E-state index is -0.204. The molecule has 6 heteroatoms. The van der Waals surface area contributed by atoms with E-state index in [9.17, 15) is 9.59 Å². The highest BCUT2D eigenvalue weighted by Gasteiger charge is 2.09. The molecule has 26 heavy (non-hydrogen) atoms. The monoisotopic (exact) mass is 380 g/mol. The summed E-state index contributed by atoms with van der Waals surface area (Å²) in [6.07, 6.45) is 0.